The van der Waals surface area contributed by atoms with Crippen LogP contribution in [0, 0.1) is 12.8 Å². The van der Waals surface area contributed by atoms with Crippen LogP contribution in [-0.2, 0) is 24.8 Å². The van der Waals surface area contributed by atoms with Crippen LogP contribution in [0.4, 0.5) is 5.82 Å². The van der Waals surface area contributed by atoms with Crippen LogP contribution in [-0.4, -0.2) is 47.4 Å². The number of hydrogen-bond acceptors (Lipinski definition) is 8. The lowest BCUT2D eigenvalue weighted by Crippen LogP contribution is -2.29. The zero-order valence-electron chi connectivity index (χ0n) is 19.9. The molecule has 3 aromatic heterocycles. The molecule has 0 aromatic carbocycles. The van der Waals surface area contributed by atoms with Crippen LogP contribution in [0.25, 0.3) is 11.4 Å². The summed E-state index contributed by atoms with van der Waals surface area (Å²) in [5.41, 5.74) is 4.14. The smallest absolute Gasteiger partial charge is 0.306 e. The van der Waals surface area contributed by atoms with Crippen molar-refractivity contribution in [3.8, 4) is 17.1 Å². The lowest BCUT2D eigenvalue weighted by atomic mass is 9.87. The SMILES string of the molecule is CCCc1cnnc(NCc2c(-c3ccc(O[C@H]4CCC[C@H](C(=O)O)C4)c(C)n3)nnn2C)c1. The van der Waals surface area contributed by atoms with Crippen molar-refractivity contribution < 1.29 is 14.6 Å². The fourth-order valence-electron chi connectivity index (χ4n) is 4.33. The topological polar surface area (TPSA) is 128 Å². The highest BCUT2D eigenvalue weighted by atomic mass is 16.5. The van der Waals surface area contributed by atoms with Gasteiger partial charge in [0.2, 0.25) is 0 Å². The molecule has 3 aromatic rings. The predicted molar refractivity (Wildman–Crippen MR) is 126 cm³/mol. The lowest BCUT2D eigenvalue weighted by molar-refractivity contribution is -0.143. The maximum absolute atomic E-state index is 11.3. The van der Waals surface area contributed by atoms with Gasteiger partial charge >= 0.3 is 5.97 Å². The molecule has 1 saturated carbocycles. The number of ether oxygens (including phenoxy) is 1. The van der Waals surface area contributed by atoms with E-state index in [0.29, 0.717) is 42.3 Å². The number of nitrogens with zero attached hydrogens (tertiary/aromatic N) is 6. The Bertz CT molecular complexity index is 1150. The Morgan fingerprint density at radius 3 is 2.91 bits per heavy atom. The highest BCUT2D eigenvalue weighted by molar-refractivity contribution is 5.70. The number of aryl methyl sites for hydroxylation is 3. The zero-order chi connectivity index (χ0) is 24.1. The van der Waals surface area contributed by atoms with E-state index in [4.69, 9.17) is 9.72 Å². The second-order valence-corrected chi connectivity index (χ2v) is 8.78. The molecule has 34 heavy (non-hydrogen) atoms. The molecule has 0 bridgehead atoms. The average molecular weight is 466 g/mol. The molecular weight excluding hydrogens is 434 g/mol. The van der Waals surface area contributed by atoms with Crippen molar-refractivity contribution in [3.63, 3.8) is 0 Å². The third-order valence-corrected chi connectivity index (χ3v) is 6.18. The van der Waals surface area contributed by atoms with Crippen LogP contribution in [0.5, 0.6) is 5.75 Å². The van der Waals surface area contributed by atoms with Crippen LogP contribution < -0.4 is 10.1 Å². The minimum Gasteiger partial charge on any atom is -0.489 e. The largest absolute Gasteiger partial charge is 0.489 e. The Kier molecular flexibility index (Phi) is 7.34. The van der Waals surface area contributed by atoms with Crippen molar-refractivity contribution in [1.82, 2.24) is 30.2 Å². The summed E-state index contributed by atoms with van der Waals surface area (Å²) in [5.74, 6) is 0.295. The van der Waals surface area contributed by atoms with E-state index in [2.05, 4.69) is 32.7 Å². The van der Waals surface area contributed by atoms with Crippen LogP contribution in [0.2, 0.25) is 0 Å². The Labute approximate surface area is 198 Å². The molecule has 4 rings (SSSR count). The fourth-order valence-corrected chi connectivity index (χ4v) is 4.33. The number of rotatable bonds is 9. The number of nitrogens with one attached hydrogen (secondary N) is 1. The lowest BCUT2D eigenvalue weighted by Gasteiger charge is -2.27. The second kappa shape index (κ2) is 10.6. The van der Waals surface area contributed by atoms with Gasteiger partial charge in [0.05, 0.1) is 41.8 Å². The molecule has 2 N–H and O–H groups in total. The van der Waals surface area contributed by atoms with Gasteiger partial charge in [-0.1, -0.05) is 18.6 Å². The minimum atomic E-state index is -0.745. The molecule has 3 heterocycles. The molecule has 0 saturated heterocycles. The summed E-state index contributed by atoms with van der Waals surface area (Å²) in [6.45, 7) is 4.49. The van der Waals surface area contributed by atoms with Crippen molar-refractivity contribution in [2.24, 2.45) is 13.0 Å². The number of aromatic nitrogens is 6. The van der Waals surface area contributed by atoms with Gasteiger partial charge < -0.3 is 15.2 Å². The van der Waals surface area contributed by atoms with E-state index in [1.54, 1.807) is 10.9 Å². The van der Waals surface area contributed by atoms with Gasteiger partial charge in [0, 0.05) is 7.05 Å². The van der Waals surface area contributed by atoms with Gasteiger partial charge in [-0.15, -0.1) is 10.2 Å². The van der Waals surface area contributed by atoms with Gasteiger partial charge in [-0.2, -0.15) is 5.10 Å². The number of anilines is 1. The van der Waals surface area contributed by atoms with Crippen LogP contribution in [0.15, 0.2) is 24.4 Å². The quantitative estimate of drug-likeness (QED) is 0.487. The normalized spacial score (nSPS) is 18.0. The number of carboxylic acids is 1. The minimum absolute atomic E-state index is 0.109. The van der Waals surface area contributed by atoms with E-state index >= 15 is 0 Å². The molecule has 180 valence electrons. The summed E-state index contributed by atoms with van der Waals surface area (Å²) < 4.78 is 7.86. The Hall–Kier alpha value is -3.56. The first-order valence-corrected chi connectivity index (χ1v) is 11.8. The Morgan fingerprint density at radius 1 is 1.29 bits per heavy atom. The number of aliphatic carboxylic acids is 1. The molecule has 10 heteroatoms. The highest BCUT2D eigenvalue weighted by Gasteiger charge is 2.28. The van der Waals surface area contributed by atoms with Crippen molar-refractivity contribution in [3.05, 3.63) is 41.3 Å². The Morgan fingerprint density at radius 2 is 2.15 bits per heavy atom. The number of hydrogen-bond donors (Lipinski definition) is 2. The molecule has 0 radical (unpaired) electrons. The molecule has 1 aliphatic rings. The Balaban J connectivity index is 1.47. The molecule has 1 fully saturated rings. The third-order valence-electron chi connectivity index (χ3n) is 6.18. The maximum atomic E-state index is 11.3. The molecule has 0 amide bonds. The van der Waals surface area contributed by atoms with Gasteiger partial charge in [-0.05, 0) is 62.8 Å². The van der Waals surface area contributed by atoms with Gasteiger partial charge in [-0.25, -0.2) is 9.67 Å². The number of carboxylic acid groups (broad SMARTS) is 1. The van der Waals surface area contributed by atoms with E-state index in [1.807, 2.05) is 32.2 Å². The summed E-state index contributed by atoms with van der Waals surface area (Å²) >= 11 is 0. The summed E-state index contributed by atoms with van der Waals surface area (Å²) in [6.07, 6.45) is 6.63. The van der Waals surface area contributed by atoms with E-state index in [9.17, 15) is 9.90 Å². The van der Waals surface area contributed by atoms with Crippen LogP contribution >= 0.6 is 0 Å². The summed E-state index contributed by atoms with van der Waals surface area (Å²) in [6, 6.07) is 5.76. The van der Waals surface area contributed by atoms with Crippen molar-refractivity contribution in [1.29, 1.82) is 0 Å². The summed E-state index contributed by atoms with van der Waals surface area (Å²) in [4.78, 5) is 16.1. The molecular formula is C24H31N7O3. The summed E-state index contributed by atoms with van der Waals surface area (Å²) in [5, 5.41) is 29.4. The predicted octanol–water partition coefficient (Wildman–Crippen LogP) is 3.56. The van der Waals surface area contributed by atoms with Gasteiger partial charge in [0.25, 0.3) is 0 Å². The second-order valence-electron chi connectivity index (χ2n) is 8.78. The highest BCUT2D eigenvalue weighted by Crippen LogP contribution is 2.30. The molecule has 0 unspecified atom stereocenters. The number of pyridine rings is 1. The zero-order valence-corrected chi connectivity index (χ0v) is 19.9. The first kappa shape index (κ1) is 23.6. The monoisotopic (exact) mass is 465 g/mol. The molecule has 10 nitrogen and oxygen atoms in total. The van der Waals surface area contributed by atoms with Gasteiger partial charge in [0.15, 0.2) is 0 Å². The average Bonchev–Trinajstić information content (AvgIpc) is 3.20. The molecule has 0 spiro atoms. The van der Waals surface area contributed by atoms with Crippen LogP contribution in [0.1, 0.15) is 56.0 Å². The first-order chi connectivity index (χ1) is 16.4. The van der Waals surface area contributed by atoms with Crippen LogP contribution in [0.3, 0.4) is 0 Å². The molecule has 0 aliphatic heterocycles. The van der Waals surface area contributed by atoms with Gasteiger partial charge in [-0.3, -0.25) is 4.79 Å². The van der Waals surface area contributed by atoms with E-state index in [1.165, 1.54) is 0 Å². The number of carbonyl (C=O) groups is 1. The molecule has 1 aliphatic carbocycles. The van der Waals surface area contributed by atoms with Crippen molar-refractivity contribution in [2.75, 3.05) is 5.32 Å². The van der Waals surface area contributed by atoms with Crippen molar-refractivity contribution in [2.45, 2.75) is 65.0 Å². The maximum Gasteiger partial charge on any atom is 0.306 e. The van der Waals surface area contributed by atoms with Gasteiger partial charge in [0.1, 0.15) is 17.3 Å². The van der Waals surface area contributed by atoms with E-state index in [0.717, 1.165) is 42.6 Å². The molecule has 2 atom stereocenters. The fraction of sp³-hybridized carbons (Fsp3) is 0.500. The standard InChI is InChI=1S/C24H31N7O3/c1-4-6-16-11-22(28-26-13-16)25-14-20-23(29-30-31(20)3)19-9-10-21(15(2)27-19)34-18-8-5-7-17(12-18)24(32)33/h9-11,13,17-18H,4-8,12,14H2,1-3H3,(H,25,28)(H,32,33)/t17-,18-/m0/s1. The van der Waals surface area contributed by atoms with E-state index in [-0.39, 0.29) is 12.0 Å². The summed E-state index contributed by atoms with van der Waals surface area (Å²) in [7, 11) is 1.85. The third kappa shape index (κ3) is 5.49. The first-order valence-electron chi connectivity index (χ1n) is 11.8. The van der Waals surface area contributed by atoms with E-state index < -0.39 is 5.97 Å². The van der Waals surface area contributed by atoms with Crippen molar-refractivity contribution >= 4 is 11.8 Å².